The Morgan fingerprint density at radius 1 is 1.07 bits per heavy atom. The van der Waals surface area contributed by atoms with E-state index in [2.05, 4.69) is 15.4 Å². The second-order valence-corrected chi connectivity index (χ2v) is 6.53. The molecule has 0 aliphatic rings. The van der Waals surface area contributed by atoms with Crippen molar-refractivity contribution in [3.63, 3.8) is 0 Å². The summed E-state index contributed by atoms with van der Waals surface area (Å²) in [5, 5.41) is 8.52. The molecule has 0 atom stereocenters. The van der Waals surface area contributed by atoms with Crippen molar-refractivity contribution >= 4 is 33.4 Å². The average molecular weight is 408 g/mol. The van der Waals surface area contributed by atoms with Gasteiger partial charge in [0.15, 0.2) is 11.5 Å². The van der Waals surface area contributed by atoms with Crippen LogP contribution in [0.3, 0.4) is 0 Å². The number of anilines is 1. The number of para-hydroxylation sites is 1. The molecule has 1 amide bonds. The Labute approximate surface area is 171 Å². The van der Waals surface area contributed by atoms with Gasteiger partial charge in [0.1, 0.15) is 12.1 Å². The van der Waals surface area contributed by atoms with Crippen molar-refractivity contribution in [2.45, 2.75) is 6.54 Å². The fourth-order valence-corrected chi connectivity index (χ4v) is 3.38. The van der Waals surface area contributed by atoms with Crippen LogP contribution in [0.4, 0.5) is 5.69 Å². The quantitative estimate of drug-likeness (QED) is 0.508. The summed E-state index contributed by atoms with van der Waals surface area (Å²) in [4.78, 5) is 28.5. The first kappa shape index (κ1) is 19.3. The van der Waals surface area contributed by atoms with Gasteiger partial charge in [0.05, 0.1) is 27.5 Å². The molecular formula is C21H20N4O5. The zero-order valence-corrected chi connectivity index (χ0v) is 16.7. The smallest absolute Gasteiger partial charge is 0.291 e. The third kappa shape index (κ3) is 3.30. The molecule has 2 aromatic carbocycles. The number of carbonyl (C=O) groups is 1. The number of hydrogen-bond donors (Lipinski definition) is 2. The number of aromatic nitrogens is 3. The van der Waals surface area contributed by atoms with Crippen LogP contribution >= 0.6 is 0 Å². The molecule has 0 bridgehead atoms. The van der Waals surface area contributed by atoms with Crippen molar-refractivity contribution in [3.8, 4) is 17.2 Å². The van der Waals surface area contributed by atoms with Crippen molar-refractivity contribution < 1.29 is 19.0 Å². The molecule has 2 N–H and O–H groups in total. The maximum atomic E-state index is 12.8. The number of fused-ring (bicyclic) bond motifs is 3. The standard InChI is InChI=1S/C21H20N4O5/c1-28-16-8-12(9-17(29-2)20(16)30-3)23-18(26)11-25-21(27)19-14(10-22-25)13-6-4-5-7-15(13)24-19/h4-10,24H,11H2,1-3H3,(H,23,26). The number of aromatic amines is 1. The van der Waals surface area contributed by atoms with Gasteiger partial charge in [-0.3, -0.25) is 9.59 Å². The number of benzene rings is 2. The zero-order valence-electron chi connectivity index (χ0n) is 16.7. The molecule has 0 unspecified atom stereocenters. The largest absolute Gasteiger partial charge is 0.493 e. The molecular weight excluding hydrogens is 388 g/mol. The lowest BCUT2D eigenvalue weighted by Gasteiger charge is -2.14. The van der Waals surface area contributed by atoms with Crippen molar-refractivity contribution in [3.05, 3.63) is 52.9 Å². The number of H-pyrrole nitrogens is 1. The van der Waals surface area contributed by atoms with Crippen molar-refractivity contribution in [2.24, 2.45) is 0 Å². The molecule has 0 aliphatic heterocycles. The monoisotopic (exact) mass is 408 g/mol. The van der Waals surface area contributed by atoms with Crippen LogP contribution in [0.25, 0.3) is 21.8 Å². The average Bonchev–Trinajstić information content (AvgIpc) is 3.14. The summed E-state index contributed by atoms with van der Waals surface area (Å²) in [6.07, 6.45) is 1.59. The highest BCUT2D eigenvalue weighted by molar-refractivity contribution is 6.06. The Balaban J connectivity index is 1.61. The van der Waals surface area contributed by atoms with Crippen LogP contribution in [0.5, 0.6) is 17.2 Å². The summed E-state index contributed by atoms with van der Waals surface area (Å²) in [6.45, 7) is -0.249. The molecule has 2 heterocycles. The second kappa shape index (κ2) is 7.78. The van der Waals surface area contributed by atoms with Gasteiger partial charge in [-0.15, -0.1) is 0 Å². The van der Waals surface area contributed by atoms with Crippen LogP contribution in [0.1, 0.15) is 0 Å². The summed E-state index contributed by atoms with van der Waals surface area (Å²) in [5.74, 6) is 0.804. The molecule has 9 heteroatoms. The summed E-state index contributed by atoms with van der Waals surface area (Å²) in [5.41, 5.74) is 1.32. The van der Waals surface area contributed by atoms with Gasteiger partial charge in [0.2, 0.25) is 11.7 Å². The summed E-state index contributed by atoms with van der Waals surface area (Å²) < 4.78 is 17.0. The van der Waals surface area contributed by atoms with Crippen molar-refractivity contribution in [1.29, 1.82) is 0 Å². The summed E-state index contributed by atoms with van der Waals surface area (Å²) in [7, 11) is 4.47. The highest BCUT2D eigenvalue weighted by atomic mass is 16.5. The maximum Gasteiger partial charge on any atom is 0.291 e. The normalized spacial score (nSPS) is 10.9. The summed E-state index contributed by atoms with van der Waals surface area (Å²) >= 11 is 0. The fraction of sp³-hybridized carbons (Fsp3) is 0.190. The summed E-state index contributed by atoms with van der Waals surface area (Å²) in [6, 6.07) is 10.8. The Morgan fingerprint density at radius 2 is 1.77 bits per heavy atom. The lowest BCUT2D eigenvalue weighted by molar-refractivity contribution is -0.117. The maximum absolute atomic E-state index is 12.8. The van der Waals surface area contributed by atoms with E-state index >= 15 is 0 Å². The zero-order chi connectivity index (χ0) is 21.3. The number of amides is 1. The Bertz CT molecular complexity index is 1280. The van der Waals surface area contributed by atoms with Crippen LogP contribution in [0.15, 0.2) is 47.4 Å². The van der Waals surface area contributed by atoms with Gasteiger partial charge in [-0.2, -0.15) is 5.10 Å². The number of nitrogens with zero attached hydrogens (tertiary/aromatic N) is 2. The van der Waals surface area contributed by atoms with Gasteiger partial charge in [-0.1, -0.05) is 18.2 Å². The molecule has 0 spiro atoms. The van der Waals surface area contributed by atoms with Crippen LogP contribution < -0.4 is 25.1 Å². The Hall–Kier alpha value is -4.01. The third-order valence-electron chi connectivity index (χ3n) is 4.76. The number of methoxy groups -OCH3 is 3. The second-order valence-electron chi connectivity index (χ2n) is 6.53. The predicted molar refractivity (Wildman–Crippen MR) is 113 cm³/mol. The lowest BCUT2D eigenvalue weighted by atomic mass is 10.2. The van der Waals surface area contributed by atoms with Gasteiger partial charge in [0.25, 0.3) is 5.56 Å². The molecule has 0 aliphatic carbocycles. The first-order chi connectivity index (χ1) is 14.5. The van der Waals surface area contributed by atoms with Crippen molar-refractivity contribution in [1.82, 2.24) is 14.8 Å². The van der Waals surface area contributed by atoms with E-state index < -0.39 is 5.91 Å². The minimum absolute atomic E-state index is 0.249. The molecule has 0 radical (unpaired) electrons. The van der Waals surface area contributed by atoms with E-state index in [9.17, 15) is 9.59 Å². The molecule has 4 aromatic rings. The van der Waals surface area contributed by atoms with Crippen LogP contribution in [-0.2, 0) is 11.3 Å². The van der Waals surface area contributed by atoms with E-state index in [-0.39, 0.29) is 12.1 Å². The first-order valence-electron chi connectivity index (χ1n) is 9.12. The Kier molecular flexibility index (Phi) is 5.01. The molecule has 4 rings (SSSR count). The molecule has 9 nitrogen and oxygen atoms in total. The van der Waals surface area contributed by atoms with Crippen LogP contribution in [-0.4, -0.2) is 42.0 Å². The molecule has 0 saturated carbocycles. The van der Waals surface area contributed by atoms with E-state index in [0.717, 1.165) is 21.0 Å². The number of rotatable bonds is 6. The molecule has 0 fully saturated rings. The Morgan fingerprint density at radius 3 is 2.43 bits per heavy atom. The number of hydrogen-bond acceptors (Lipinski definition) is 6. The lowest BCUT2D eigenvalue weighted by Crippen LogP contribution is -2.29. The highest BCUT2D eigenvalue weighted by Gasteiger charge is 2.16. The minimum atomic E-state index is -0.422. The van der Waals surface area contributed by atoms with Gasteiger partial charge in [0, 0.05) is 34.1 Å². The first-order valence-corrected chi connectivity index (χ1v) is 9.12. The van der Waals surface area contributed by atoms with E-state index in [0.29, 0.717) is 28.5 Å². The van der Waals surface area contributed by atoms with Gasteiger partial charge >= 0.3 is 0 Å². The van der Waals surface area contributed by atoms with E-state index in [1.807, 2.05) is 24.3 Å². The van der Waals surface area contributed by atoms with E-state index in [1.165, 1.54) is 21.3 Å². The number of ether oxygens (including phenoxy) is 3. The number of nitrogens with one attached hydrogen (secondary N) is 2. The van der Waals surface area contributed by atoms with Crippen molar-refractivity contribution in [2.75, 3.05) is 26.6 Å². The van der Waals surface area contributed by atoms with Crippen LogP contribution in [0.2, 0.25) is 0 Å². The number of carbonyl (C=O) groups excluding carboxylic acids is 1. The van der Waals surface area contributed by atoms with E-state index in [4.69, 9.17) is 14.2 Å². The third-order valence-corrected chi connectivity index (χ3v) is 4.76. The topological polar surface area (TPSA) is 107 Å². The predicted octanol–water partition coefficient (Wildman–Crippen LogP) is 2.54. The minimum Gasteiger partial charge on any atom is -0.493 e. The fourth-order valence-electron chi connectivity index (χ4n) is 3.38. The SMILES string of the molecule is COc1cc(NC(=O)Cn2ncc3c([nH]c4ccccc43)c2=O)cc(OC)c1OC. The molecule has 0 saturated heterocycles. The molecule has 30 heavy (non-hydrogen) atoms. The van der Waals surface area contributed by atoms with E-state index in [1.54, 1.807) is 18.3 Å². The molecule has 2 aromatic heterocycles. The van der Waals surface area contributed by atoms with Crippen LogP contribution in [0, 0.1) is 0 Å². The molecule has 154 valence electrons. The van der Waals surface area contributed by atoms with Gasteiger partial charge in [-0.05, 0) is 6.07 Å². The van der Waals surface area contributed by atoms with Gasteiger partial charge in [-0.25, -0.2) is 4.68 Å². The van der Waals surface area contributed by atoms with Gasteiger partial charge < -0.3 is 24.5 Å². The highest BCUT2D eigenvalue weighted by Crippen LogP contribution is 2.39.